The van der Waals surface area contributed by atoms with Crippen molar-refractivity contribution in [1.29, 1.82) is 0 Å². The second-order valence-electron chi connectivity index (χ2n) is 4.59. The van der Waals surface area contributed by atoms with Gasteiger partial charge in [-0.15, -0.1) is 0 Å². The predicted molar refractivity (Wildman–Crippen MR) is 85.1 cm³/mol. The minimum Gasteiger partial charge on any atom is -0.378 e. The van der Waals surface area contributed by atoms with Gasteiger partial charge in [0.2, 0.25) is 5.91 Å². The zero-order valence-corrected chi connectivity index (χ0v) is 13.9. The summed E-state index contributed by atoms with van der Waals surface area (Å²) in [5.74, 6) is -0.391. The summed E-state index contributed by atoms with van der Waals surface area (Å²) in [6, 6.07) is 7.36. The number of nitrogens with zero attached hydrogens (tertiary/aromatic N) is 1. The third kappa shape index (κ3) is 5.87. The van der Waals surface area contributed by atoms with E-state index in [0.717, 1.165) is 5.69 Å². The van der Waals surface area contributed by atoms with Crippen LogP contribution in [-0.4, -0.2) is 39.4 Å². The summed E-state index contributed by atoms with van der Waals surface area (Å²) in [7, 11) is 0.519. The van der Waals surface area contributed by atoms with Crippen LogP contribution in [0, 0.1) is 0 Å². The largest absolute Gasteiger partial charge is 0.378 e. The molecule has 1 N–H and O–H groups in total. The van der Waals surface area contributed by atoms with Gasteiger partial charge in [0, 0.05) is 25.5 Å². The molecule has 0 unspecified atom stereocenters. The third-order valence-corrected chi connectivity index (χ3v) is 4.63. The Hall–Kier alpha value is -1.36. The Morgan fingerprint density at radius 1 is 1.14 bits per heavy atom. The molecule has 0 spiro atoms. The van der Waals surface area contributed by atoms with E-state index in [1.165, 1.54) is 0 Å². The van der Waals surface area contributed by atoms with Gasteiger partial charge >= 0.3 is 7.60 Å². The minimum atomic E-state index is -3.36. The molecule has 1 aromatic rings. The topological polar surface area (TPSA) is 67.9 Å². The molecular weight excluding hydrogens is 291 g/mol. The van der Waals surface area contributed by atoms with E-state index in [9.17, 15) is 9.36 Å². The summed E-state index contributed by atoms with van der Waals surface area (Å²) >= 11 is 0. The van der Waals surface area contributed by atoms with Crippen LogP contribution in [0.5, 0.6) is 0 Å². The maximum Gasteiger partial charge on any atom is 0.340 e. The normalized spacial score (nSPS) is 11.2. The molecule has 1 amide bonds. The van der Waals surface area contributed by atoms with Crippen molar-refractivity contribution in [3.05, 3.63) is 24.3 Å². The van der Waals surface area contributed by atoms with Gasteiger partial charge in [-0.1, -0.05) is 0 Å². The Kier molecular flexibility index (Phi) is 6.89. The van der Waals surface area contributed by atoms with Crippen LogP contribution in [-0.2, 0) is 18.4 Å². The smallest absolute Gasteiger partial charge is 0.340 e. The Labute approximate surface area is 126 Å². The van der Waals surface area contributed by atoms with Gasteiger partial charge in [0.25, 0.3) is 0 Å². The fourth-order valence-electron chi connectivity index (χ4n) is 1.74. The molecule has 0 fully saturated rings. The summed E-state index contributed by atoms with van der Waals surface area (Å²) in [5, 5.41) is 2.69. The maximum atomic E-state index is 12.2. The van der Waals surface area contributed by atoms with Gasteiger partial charge < -0.3 is 19.3 Å². The first-order chi connectivity index (χ1) is 9.90. The molecule has 118 valence electrons. The first-order valence-corrected chi connectivity index (χ1v) is 8.58. The molecule has 0 aliphatic heterocycles. The van der Waals surface area contributed by atoms with Crippen LogP contribution in [0.3, 0.4) is 0 Å². The molecule has 1 aromatic carbocycles. The Balaban J connectivity index is 2.65. The molecule has 6 nitrogen and oxygen atoms in total. The number of amides is 1. The first kappa shape index (κ1) is 17.7. The fourth-order valence-corrected chi connectivity index (χ4v) is 3.22. The van der Waals surface area contributed by atoms with Crippen LogP contribution < -0.4 is 10.2 Å². The van der Waals surface area contributed by atoms with Crippen molar-refractivity contribution in [1.82, 2.24) is 0 Å². The Morgan fingerprint density at radius 2 is 1.67 bits per heavy atom. The van der Waals surface area contributed by atoms with Gasteiger partial charge in [-0.25, -0.2) is 0 Å². The lowest BCUT2D eigenvalue weighted by Crippen LogP contribution is -2.18. The Bertz CT molecular complexity index is 492. The number of anilines is 2. The van der Waals surface area contributed by atoms with Gasteiger partial charge in [0.05, 0.1) is 13.2 Å². The molecule has 0 saturated heterocycles. The number of rotatable bonds is 8. The molecule has 1 rings (SSSR count). The monoisotopic (exact) mass is 314 g/mol. The van der Waals surface area contributed by atoms with Gasteiger partial charge in [-0.05, 0) is 38.1 Å². The van der Waals surface area contributed by atoms with Crippen molar-refractivity contribution in [2.45, 2.75) is 13.8 Å². The molecule has 0 saturated carbocycles. The quantitative estimate of drug-likeness (QED) is 0.747. The molecule has 0 aliphatic carbocycles. The highest BCUT2D eigenvalue weighted by molar-refractivity contribution is 7.54. The van der Waals surface area contributed by atoms with Crippen molar-refractivity contribution >= 4 is 24.9 Å². The first-order valence-electron chi connectivity index (χ1n) is 6.85. The summed E-state index contributed by atoms with van der Waals surface area (Å²) in [4.78, 5) is 13.9. The van der Waals surface area contributed by atoms with Crippen molar-refractivity contribution in [2.24, 2.45) is 0 Å². The highest BCUT2D eigenvalue weighted by atomic mass is 31.2. The summed E-state index contributed by atoms with van der Waals surface area (Å²) in [6.45, 7) is 3.90. The van der Waals surface area contributed by atoms with Crippen LogP contribution in [0.4, 0.5) is 11.4 Å². The standard InChI is InChI=1S/C14H23N2O4P/c1-5-19-21(18,20-6-2)11-14(17)15-12-7-9-13(10-8-12)16(3)4/h7-10H,5-6,11H2,1-4H3,(H,15,17). The number of hydrogen-bond donors (Lipinski definition) is 1. The van der Waals surface area contributed by atoms with Gasteiger partial charge in [0.15, 0.2) is 0 Å². The van der Waals surface area contributed by atoms with E-state index in [0.29, 0.717) is 5.69 Å². The average Bonchev–Trinajstić information content (AvgIpc) is 2.39. The second-order valence-corrected chi connectivity index (χ2v) is 6.65. The van der Waals surface area contributed by atoms with Crippen LogP contribution in [0.1, 0.15) is 13.8 Å². The number of carbonyl (C=O) groups is 1. The number of nitrogens with one attached hydrogen (secondary N) is 1. The molecule has 0 heterocycles. The van der Waals surface area contributed by atoms with E-state index < -0.39 is 13.5 Å². The average molecular weight is 314 g/mol. The lowest BCUT2D eigenvalue weighted by Gasteiger charge is -2.17. The predicted octanol–water partition coefficient (Wildman–Crippen LogP) is 2.96. The van der Waals surface area contributed by atoms with E-state index in [2.05, 4.69) is 5.32 Å². The molecule has 0 aromatic heterocycles. The van der Waals surface area contributed by atoms with Crippen LogP contribution >= 0.6 is 7.60 Å². The second kappa shape index (κ2) is 8.17. The van der Waals surface area contributed by atoms with E-state index in [1.807, 2.05) is 31.1 Å². The molecular formula is C14H23N2O4P. The van der Waals surface area contributed by atoms with Crippen molar-refractivity contribution in [3.63, 3.8) is 0 Å². The van der Waals surface area contributed by atoms with Gasteiger partial charge in [-0.2, -0.15) is 0 Å². The number of hydrogen-bond acceptors (Lipinski definition) is 5. The molecule has 7 heteroatoms. The van der Waals surface area contributed by atoms with E-state index in [1.54, 1.807) is 26.0 Å². The molecule has 0 radical (unpaired) electrons. The third-order valence-electron chi connectivity index (χ3n) is 2.66. The van der Waals surface area contributed by atoms with Crippen molar-refractivity contribution in [2.75, 3.05) is 43.7 Å². The summed E-state index contributed by atoms with van der Waals surface area (Å²) in [5.41, 5.74) is 1.67. The van der Waals surface area contributed by atoms with Crippen LogP contribution in [0.2, 0.25) is 0 Å². The Morgan fingerprint density at radius 3 is 2.10 bits per heavy atom. The van der Waals surface area contributed by atoms with Gasteiger partial charge in [-0.3, -0.25) is 9.36 Å². The zero-order valence-electron chi connectivity index (χ0n) is 13.0. The lowest BCUT2D eigenvalue weighted by atomic mass is 10.2. The lowest BCUT2D eigenvalue weighted by molar-refractivity contribution is -0.114. The van der Waals surface area contributed by atoms with E-state index in [4.69, 9.17) is 9.05 Å². The van der Waals surface area contributed by atoms with Crippen LogP contribution in [0.25, 0.3) is 0 Å². The van der Waals surface area contributed by atoms with Crippen LogP contribution in [0.15, 0.2) is 24.3 Å². The highest BCUT2D eigenvalue weighted by Crippen LogP contribution is 2.47. The minimum absolute atomic E-state index is 0.238. The summed E-state index contributed by atoms with van der Waals surface area (Å²) < 4.78 is 22.4. The number of carbonyl (C=O) groups excluding carboxylic acids is 1. The maximum absolute atomic E-state index is 12.2. The van der Waals surface area contributed by atoms with Crippen molar-refractivity contribution in [3.8, 4) is 0 Å². The number of benzene rings is 1. The van der Waals surface area contributed by atoms with Gasteiger partial charge in [0.1, 0.15) is 6.16 Å². The van der Waals surface area contributed by atoms with Crippen molar-refractivity contribution < 1.29 is 18.4 Å². The highest BCUT2D eigenvalue weighted by Gasteiger charge is 2.27. The van der Waals surface area contributed by atoms with E-state index >= 15 is 0 Å². The SMILES string of the molecule is CCOP(=O)(CC(=O)Nc1ccc(N(C)C)cc1)OCC. The molecule has 21 heavy (non-hydrogen) atoms. The fraction of sp³-hybridized carbons (Fsp3) is 0.500. The molecule has 0 atom stereocenters. The molecule has 0 bridgehead atoms. The molecule has 0 aliphatic rings. The van der Waals surface area contributed by atoms with E-state index in [-0.39, 0.29) is 19.4 Å². The summed E-state index contributed by atoms with van der Waals surface area (Å²) in [6.07, 6.45) is -0.288. The zero-order chi connectivity index (χ0) is 15.9.